The largest absolute Gasteiger partial charge is 0.489 e. The lowest BCUT2D eigenvalue weighted by Crippen LogP contribution is -2.23. The zero-order valence-electron chi connectivity index (χ0n) is 15.3. The fourth-order valence-electron chi connectivity index (χ4n) is 2.78. The summed E-state index contributed by atoms with van der Waals surface area (Å²) >= 11 is 1.75. The molecule has 0 amide bonds. The van der Waals surface area contributed by atoms with Crippen LogP contribution in [0.2, 0.25) is 0 Å². The van der Waals surface area contributed by atoms with Crippen molar-refractivity contribution < 1.29 is 4.74 Å². The van der Waals surface area contributed by atoms with E-state index in [0.717, 1.165) is 24.7 Å². The summed E-state index contributed by atoms with van der Waals surface area (Å²) in [6, 6.07) is 22.7. The minimum absolute atomic E-state index is 0.572. The van der Waals surface area contributed by atoms with Crippen molar-refractivity contribution in [1.82, 2.24) is 4.98 Å². The highest BCUT2D eigenvalue weighted by molar-refractivity contribution is 7.98. The highest BCUT2D eigenvalue weighted by atomic mass is 32.2. The van der Waals surface area contributed by atoms with E-state index in [4.69, 9.17) is 4.74 Å². The molecule has 0 saturated carbocycles. The smallest absolute Gasteiger partial charge is 0.128 e. The number of hydrogen-bond acceptors (Lipinski definition) is 4. The molecule has 0 aliphatic rings. The molecule has 134 valence electrons. The van der Waals surface area contributed by atoms with E-state index in [9.17, 15) is 0 Å². The van der Waals surface area contributed by atoms with E-state index in [1.807, 2.05) is 42.6 Å². The number of thioether (sulfide) groups is 1. The molecule has 0 radical (unpaired) electrons. The first-order valence-electron chi connectivity index (χ1n) is 8.79. The molecule has 2 aromatic carbocycles. The second-order valence-electron chi connectivity index (χ2n) is 5.95. The first-order chi connectivity index (χ1) is 12.8. The summed E-state index contributed by atoms with van der Waals surface area (Å²) in [5.41, 5.74) is 2.35. The molecule has 0 fully saturated rings. The van der Waals surface area contributed by atoms with Crippen LogP contribution in [0.3, 0.4) is 0 Å². The molecule has 0 bridgehead atoms. The molecule has 26 heavy (non-hydrogen) atoms. The Hall–Kier alpha value is -2.46. The van der Waals surface area contributed by atoms with Gasteiger partial charge < -0.3 is 9.64 Å². The number of rotatable bonds is 8. The standard InChI is InChI=1S/C22H24N2OS/c1-3-24(22-11-7-8-14-23-22)16-19-15-20(26-2)12-13-21(19)25-17-18-9-5-4-6-10-18/h4-15H,3,16-17H2,1-2H3. The monoisotopic (exact) mass is 364 g/mol. The van der Waals surface area contributed by atoms with Gasteiger partial charge in [-0.05, 0) is 49.1 Å². The van der Waals surface area contributed by atoms with Crippen LogP contribution in [-0.4, -0.2) is 17.8 Å². The molecular weight excluding hydrogens is 340 g/mol. The highest BCUT2D eigenvalue weighted by Gasteiger charge is 2.12. The van der Waals surface area contributed by atoms with Crippen LogP contribution in [0.1, 0.15) is 18.1 Å². The minimum Gasteiger partial charge on any atom is -0.489 e. The molecule has 0 aliphatic carbocycles. The maximum absolute atomic E-state index is 6.15. The molecule has 0 saturated heterocycles. The van der Waals surface area contributed by atoms with Crippen LogP contribution in [0, 0.1) is 0 Å². The molecule has 0 atom stereocenters. The van der Waals surface area contributed by atoms with E-state index in [-0.39, 0.29) is 0 Å². The van der Waals surface area contributed by atoms with Crippen molar-refractivity contribution in [3.8, 4) is 5.75 Å². The predicted molar refractivity (Wildman–Crippen MR) is 110 cm³/mol. The lowest BCUT2D eigenvalue weighted by molar-refractivity contribution is 0.302. The van der Waals surface area contributed by atoms with Crippen molar-refractivity contribution >= 4 is 17.6 Å². The van der Waals surface area contributed by atoms with Gasteiger partial charge >= 0.3 is 0 Å². The number of ether oxygens (including phenoxy) is 1. The van der Waals surface area contributed by atoms with Crippen molar-refractivity contribution in [2.75, 3.05) is 17.7 Å². The molecule has 0 aliphatic heterocycles. The SMILES string of the molecule is CCN(Cc1cc(SC)ccc1OCc1ccccc1)c1ccccn1. The van der Waals surface area contributed by atoms with Crippen LogP contribution in [-0.2, 0) is 13.2 Å². The number of benzene rings is 2. The third-order valence-corrected chi connectivity index (χ3v) is 4.95. The zero-order valence-corrected chi connectivity index (χ0v) is 16.1. The molecule has 0 N–H and O–H groups in total. The Kier molecular flexibility index (Phi) is 6.56. The van der Waals surface area contributed by atoms with Crippen LogP contribution < -0.4 is 9.64 Å². The molecule has 3 nitrogen and oxygen atoms in total. The summed E-state index contributed by atoms with van der Waals surface area (Å²) in [5, 5.41) is 0. The van der Waals surface area contributed by atoms with Gasteiger partial charge in [-0.15, -0.1) is 11.8 Å². The van der Waals surface area contributed by atoms with Gasteiger partial charge in [0, 0.05) is 29.7 Å². The normalized spacial score (nSPS) is 10.5. The third-order valence-electron chi connectivity index (χ3n) is 4.22. The van der Waals surface area contributed by atoms with Crippen molar-refractivity contribution in [3.05, 3.63) is 84.1 Å². The van der Waals surface area contributed by atoms with E-state index in [1.165, 1.54) is 16.0 Å². The summed E-state index contributed by atoms with van der Waals surface area (Å²) in [7, 11) is 0. The minimum atomic E-state index is 0.572. The Morgan fingerprint density at radius 1 is 1.00 bits per heavy atom. The Labute approximate surface area is 160 Å². The molecular formula is C22H24N2OS. The summed E-state index contributed by atoms with van der Waals surface area (Å²) < 4.78 is 6.15. The molecule has 0 spiro atoms. The average molecular weight is 365 g/mol. The second-order valence-corrected chi connectivity index (χ2v) is 6.83. The van der Waals surface area contributed by atoms with Gasteiger partial charge in [0.25, 0.3) is 0 Å². The number of nitrogens with zero attached hydrogens (tertiary/aromatic N) is 2. The fraction of sp³-hybridized carbons (Fsp3) is 0.227. The van der Waals surface area contributed by atoms with E-state index >= 15 is 0 Å². The summed E-state index contributed by atoms with van der Waals surface area (Å²) in [6.45, 7) is 4.38. The van der Waals surface area contributed by atoms with Crippen LogP contribution in [0.5, 0.6) is 5.75 Å². The highest BCUT2D eigenvalue weighted by Crippen LogP contribution is 2.28. The lowest BCUT2D eigenvalue weighted by atomic mass is 10.1. The average Bonchev–Trinajstić information content (AvgIpc) is 2.72. The van der Waals surface area contributed by atoms with Gasteiger partial charge in [0.1, 0.15) is 18.2 Å². The van der Waals surface area contributed by atoms with E-state index in [1.54, 1.807) is 11.8 Å². The fourth-order valence-corrected chi connectivity index (χ4v) is 3.25. The Bertz CT molecular complexity index is 809. The third kappa shape index (κ3) is 4.79. The first kappa shape index (κ1) is 18.3. The van der Waals surface area contributed by atoms with Crippen LogP contribution >= 0.6 is 11.8 Å². The number of aromatic nitrogens is 1. The lowest BCUT2D eigenvalue weighted by Gasteiger charge is -2.23. The van der Waals surface area contributed by atoms with Gasteiger partial charge in [-0.25, -0.2) is 4.98 Å². The first-order valence-corrected chi connectivity index (χ1v) is 10.0. The van der Waals surface area contributed by atoms with Crippen LogP contribution in [0.4, 0.5) is 5.82 Å². The van der Waals surface area contributed by atoms with Gasteiger partial charge in [-0.3, -0.25) is 0 Å². The Morgan fingerprint density at radius 3 is 2.50 bits per heavy atom. The predicted octanol–water partition coefficient (Wildman–Crippen LogP) is 5.41. The quantitative estimate of drug-likeness (QED) is 0.499. The Balaban J connectivity index is 1.81. The Morgan fingerprint density at radius 2 is 1.81 bits per heavy atom. The van der Waals surface area contributed by atoms with Crippen LogP contribution in [0.15, 0.2) is 77.8 Å². The maximum atomic E-state index is 6.15. The maximum Gasteiger partial charge on any atom is 0.128 e. The van der Waals surface area contributed by atoms with Crippen LogP contribution in [0.25, 0.3) is 0 Å². The van der Waals surface area contributed by atoms with E-state index in [2.05, 4.69) is 53.4 Å². The van der Waals surface area contributed by atoms with Crippen molar-refractivity contribution in [2.45, 2.75) is 25.0 Å². The van der Waals surface area contributed by atoms with Gasteiger partial charge in [0.05, 0.1) is 0 Å². The topological polar surface area (TPSA) is 25.4 Å². The second kappa shape index (κ2) is 9.30. The number of hydrogen-bond donors (Lipinski definition) is 0. The number of anilines is 1. The molecule has 1 aromatic heterocycles. The molecule has 4 heteroatoms. The van der Waals surface area contributed by atoms with Crippen molar-refractivity contribution in [1.29, 1.82) is 0 Å². The van der Waals surface area contributed by atoms with Crippen molar-refractivity contribution in [2.24, 2.45) is 0 Å². The zero-order chi connectivity index (χ0) is 18.2. The van der Waals surface area contributed by atoms with Gasteiger partial charge in [0.2, 0.25) is 0 Å². The molecule has 0 unspecified atom stereocenters. The van der Waals surface area contributed by atoms with E-state index in [0.29, 0.717) is 6.61 Å². The number of pyridine rings is 1. The van der Waals surface area contributed by atoms with Gasteiger partial charge in [0.15, 0.2) is 0 Å². The molecule has 3 rings (SSSR count). The molecule has 1 heterocycles. The summed E-state index contributed by atoms with van der Waals surface area (Å²) in [6.07, 6.45) is 3.93. The van der Waals surface area contributed by atoms with Crippen molar-refractivity contribution in [3.63, 3.8) is 0 Å². The summed E-state index contributed by atoms with van der Waals surface area (Å²) in [4.78, 5) is 7.99. The van der Waals surface area contributed by atoms with Gasteiger partial charge in [-0.1, -0.05) is 36.4 Å². The summed E-state index contributed by atoms with van der Waals surface area (Å²) in [5.74, 6) is 1.92. The van der Waals surface area contributed by atoms with Gasteiger partial charge in [-0.2, -0.15) is 0 Å². The van der Waals surface area contributed by atoms with E-state index < -0.39 is 0 Å². The molecule has 3 aromatic rings.